The lowest BCUT2D eigenvalue weighted by Crippen LogP contribution is -2.21. The van der Waals surface area contributed by atoms with Gasteiger partial charge in [0.05, 0.1) is 12.2 Å². The summed E-state index contributed by atoms with van der Waals surface area (Å²) in [5.41, 5.74) is 2.71. The number of hydrogen-bond donors (Lipinski definition) is 2. The number of carbonyl (C=O) groups excluding carboxylic acids is 4. The van der Waals surface area contributed by atoms with Crippen LogP contribution in [0.25, 0.3) is 0 Å². The van der Waals surface area contributed by atoms with Crippen LogP contribution in [0, 0.1) is 0 Å². The van der Waals surface area contributed by atoms with E-state index in [1.54, 1.807) is 43.3 Å². The molecule has 41 heavy (non-hydrogen) atoms. The van der Waals surface area contributed by atoms with Gasteiger partial charge in [0.15, 0.2) is 6.61 Å². The van der Waals surface area contributed by atoms with Gasteiger partial charge in [-0.1, -0.05) is 32.9 Å². The van der Waals surface area contributed by atoms with Gasteiger partial charge in [0, 0.05) is 24.2 Å². The van der Waals surface area contributed by atoms with Crippen molar-refractivity contribution in [3.8, 4) is 11.5 Å². The average Bonchev–Trinajstić information content (AvgIpc) is 2.93. The number of carbonyl (C=O) groups is 4. The first kappa shape index (κ1) is 30.9. The molecule has 0 radical (unpaired) electrons. The predicted octanol–water partition coefficient (Wildman–Crippen LogP) is 6.24. The van der Waals surface area contributed by atoms with Crippen LogP contribution in [0.15, 0.2) is 72.8 Å². The summed E-state index contributed by atoms with van der Waals surface area (Å²) in [6, 6.07) is 21.1. The molecule has 3 rings (SSSR count). The SMILES string of the molecule is CCOC(=O)c1ccc(NC(=O)COC(=O)CCCC(=O)Nc2ccc(Oc3ccc(C(C)(C)C)cc3)cc2)cc1. The van der Waals surface area contributed by atoms with Crippen molar-refractivity contribution in [1.29, 1.82) is 0 Å². The Morgan fingerprint density at radius 2 is 1.22 bits per heavy atom. The Hall–Kier alpha value is -4.66. The van der Waals surface area contributed by atoms with E-state index in [0.29, 0.717) is 22.7 Å². The molecule has 0 spiro atoms. The Labute approximate surface area is 240 Å². The maximum Gasteiger partial charge on any atom is 0.338 e. The normalized spacial score (nSPS) is 10.8. The van der Waals surface area contributed by atoms with Gasteiger partial charge in [0.1, 0.15) is 11.5 Å². The minimum absolute atomic E-state index is 0.00425. The van der Waals surface area contributed by atoms with Gasteiger partial charge < -0.3 is 24.8 Å². The summed E-state index contributed by atoms with van der Waals surface area (Å²) in [5.74, 6) is -0.421. The average molecular weight is 561 g/mol. The molecule has 3 aromatic rings. The molecule has 0 unspecified atom stereocenters. The van der Waals surface area contributed by atoms with Crippen molar-refractivity contribution in [3.63, 3.8) is 0 Å². The third kappa shape index (κ3) is 10.4. The van der Waals surface area contributed by atoms with E-state index in [2.05, 4.69) is 31.4 Å². The lowest BCUT2D eigenvalue weighted by atomic mass is 9.87. The van der Waals surface area contributed by atoms with Crippen molar-refractivity contribution in [1.82, 2.24) is 0 Å². The predicted molar refractivity (Wildman–Crippen MR) is 156 cm³/mol. The maximum atomic E-state index is 12.3. The smallest absolute Gasteiger partial charge is 0.338 e. The van der Waals surface area contributed by atoms with Crippen LogP contribution >= 0.6 is 0 Å². The van der Waals surface area contributed by atoms with Gasteiger partial charge in [0.2, 0.25) is 5.91 Å². The molecular weight excluding hydrogens is 524 g/mol. The third-order valence-corrected chi connectivity index (χ3v) is 5.92. The van der Waals surface area contributed by atoms with Gasteiger partial charge in [-0.2, -0.15) is 0 Å². The zero-order valence-corrected chi connectivity index (χ0v) is 23.8. The van der Waals surface area contributed by atoms with Gasteiger partial charge in [-0.15, -0.1) is 0 Å². The molecule has 9 heteroatoms. The molecule has 0 aliphatic rings. The molecule has 2 N–H and O–H groups in total. The number of amides is 2. The first-order valence-electron chi connectivity index (χ1n) is 13.4. The highest BCUT2D eigenvalue weighted by Crippen LogP contribution is 2.27. The van der Waals surface area contributed by atoms with Crippen molar-refractivity contribution >= 4 is 35.1 Å². The summed E-state index contributed by atoms with van der Waals surface area (Å²) in [7, 11) is 0. The molecule has 0 fully saturated rings. The molecule has 0 atom stereocenters. The van der Waals surface area contributed by atoms with Crippen LogP contribution in [0.1, 0.15) is 62.9 Å². The highest BCUT2D eigenvalue weighted by molar-refractivity contribution is 5.94. The number of benzene rings is 3. The molecule has 9 nitrogen and oxygen atoms in total. The molecular formula is C32H36N2O7. The number of rotatable bonds is 12. The van der Waals surface area contributed by atoms with Crippen molar-refractivity contribution in [2.75, 3.05) is 23.8 Å². The van der Waals surface area contributed by atoms with Crippen LogP contribution in [0.3, 0.4) is 0 Å². The van der Waals surface area contributed by atoms with Crippen molar-refractivity contribution in [3.05, 3.63) is 83.9 Å². The van der Waals surface area contributed by atoms with Gasteiger partial charge in [-0.05, 0) is 85.0 Å². The molecule has 216 valence electrons. The number of nitrogens with one attached hydrogen (secondary N) is 2. The summed E-state index contributed by atoms with van der Waals surface area (Å²) in [6.07, 6.45) is 0.384. The van der Waals surface area contributed by atoms with Crippen molar-refractivity contribution in [2.24, 2.45) is 0 Å². The van der Waals surface area contributed by atoms with Gasteiger partial charge >= 0.3 is 11.9 Å². The first-order chi connectivity index (χ1) is 19.5. The minimum Gasteiger partial charge on any atom is -0.462 e. The largest absolute Gasteiger partial charge is 0.462 e. The fourth-order valence-corrected chi connectivity index (χ4v) is 3.70. The van der Waals surface area contributed by atoms with Crippen LogP contribution in [0.2, 0.25) is 0 Å². The summed E-state index contributed by atoms with van der Waals surface area (Å²) in [4.78, 5) is 48.0. The summed E-state index contributed by atoms with van der Waals surface area (Å²) >= 11 is 0. The number of hydrogen-bond acceptors (Lipinski definition) is 7. The Morgan fingerprint density at radius 1 is 0.683 bits per heavy atom. The summed E-state index contributed by atoms with van der Waals surface area (Å²) in [6.45, 7) is 7.99. The lowest BCUT2D eigenvalue weighted by Gasteiger charge is -2.19. The monoisotopic (exact) mass is 560 g/mol. The van der Waals surface area contributed by atoms with E-state index in [9.17, 15) is 19.2 Å². The minimum atomic E-state index is -0.581. The van der Waals surface area contributed by atoms with E-state index in [0.717, 1.165) is 5.75 Å². The summed E-state index contributed by atoms with van der Waals surface area (Å²) in [5, 5.41) is 5.37. The molecule has 2 amide bonds. The van der Waals surface area contributed by atoms with Crippen molar-refractivity contribution in [2.45, 2.75) is 52.4 Å². The second kappa shape index (κ2) is 14.6. The molecule has 0 bridgehead atoms. The van der Waals surface area contributed by atoms with Gasteiger partial charge in [0.25, 0.3) is 5.91 Å². The topological polar surface area (TPSA) is 120 Å². The highest BCUT2D eigenvalue weighted by Gasteiger charge is 2.14. The van der Waals surface area contributed by atoms with Crippen LogP contribution in [-0.4, -0.2) is 37.0 Å². The van der Waals surface area contributed by atoms with E-state index >= 15 is 0 Å². The number of anilines is 2. The van der Waals surface area contributed by atoms with Crippen LogP contribution in [0.5, 0.6) is 11.5 Å². The molecule has 0 aliphatic carbocycles. The zero-order chi connectivity index (χ0) is 29.8. The van der Waals surface area contributed by atoms with Crippen molar-refractivity contribution < 1.29 is 33.4 Å². The fraction of sp³-hybridized carbons (Fsp3) is 0.312. The fourth-order valence-electron chi connectivity index (χ4n) is 3.70. The molecule has 0 saturated heterocycles. The number of esters is 2. The maximum absolute atomic E-state index is 12.3. The van der Waals surface area contributed by atoms with Gasteiger partial charge in [-0.3, -0.25) is 14.4 Å². The standard InChI is InChI=1S/C32H36N2O7/c1-5-39-31(38)22-9-13-24(14-10-22)34-29(36)21-40-30(37)8-6-7-28(35)33-25-15-19-27(20-16-25)41-26-17-11-23(12-18-26)32(2,3)4/h9-20H,5-8,21H2,1-4H3,(H,33,35)(H,34,36). The Kier molecular flexibility index (Phi) is 11.0. The highest BCUT2D eigenvalue weighted by atomic mass is 16.5. The molecule has 0 aromatic heterocycles. The molecule has 0 aliphatic heterocycles. The quantitative estimate of drug-likeness (QED) is 0.252. The lowest BCUT2D eigenvalue weighted by molar-refractivity contribution is -0.147. The van der Waals surface area contributed by atoms with Crippen LogP contribution in [-0.2, 0) is 29.3 Å². The van der Waals surface area contributed by atoms with Crippen LogP contribution < -0.4 is 15.4 Å². The molecule has 3 aromatic carbocycles. The van der Waals surface area contributed by atoms with E-state index in [-0.39, 0.29) is 37.2 Å². The Bertz CT molecular complexity index is 1330. The number of ether oxygens (including phenoxy) is 3. The molecule has 0 heterocycles. The Balaban J connectivity index is 1.33. The first-order valence-corrected chi connectivity index (χ1v) is 13.4. The second-order valence-corrected chi connectivity index (χ2v) is 10.3. The third-order valence-electron chi connectivity index (χ3n) is 5.92. The Morgan fingerprint density at radius 3 is 1.78 bits per heavy atom. The van der Waals surface area contributed by atoms with E-state index < -0.39 is 24.5 Å². The summed E-state index contributed by atoms with van der Waals surface area (Å²) < 4.78 is 15.8. The zero-order valence-electron chi connectivity index (χ0n) is 23.8. The van der Waals surface area contributed by atoms with Crippen LogP contribution in [0.4, 0.5) is 11.4 Å². The molecule has 0 saturated carbocycles. The second-order valence-electron chi connectivity index (χ2n) is 10.3. The van der Waals surface area contributed by atoms with E-state index in [4.69, 9.17) is 14.2 Å². The van der Waals surface area contributed by atoms with E-state index in [1.165, 1.54) is 17.7 Å². The van der Waals surface area contributed by atoms with Gasteiger partial charge in [-0.25, -0.2) is 4.79 Å². The van der Waals surface area contributed by atoms with E-state index in [1.807, 2.05) is 24.3 Å².